The van der Waals surface area contributed by atoms with Crippen molar-refractivity contribution in [2.45, 2.75) is 13.1 Å². The zero-order valence-corrected chi connectivity index (χ0v) is 12.1. The zero-order chi connectivity index (χ0) is 15.1. The van der Waals surface area contributed by atoms with Crippen molar-refractivity contribution in [3.8, 4) is 5.75 Å². The quantitative estimate of drug-likeness (QED) is 0.792. The molecule has 112 valence electrons. The minimum absolute atomic E-state index is 0.0669. The van der Waals surface area contributed by atoms with Gasteiger partial charge in [0.25, 0.3) is 0 Å². The third-order valence-corrected chi connectivity index (χ3v) is 3.09. The number of para-hydroxylation sites is 1. The van der Waals surface area contributed by atoms with Crippen LogP contribution in [0.2, 0.25) is 0 Å². The Bertz CT molecular complexity index is 577. The number of benzene rings is 1. The first-order valence-corrected chi connectivity index (χ1v) is 6.75. The van der Waals surface area contributed by atoms with Crippen molar-refractivity contribution >= 4 is 5.82 Å². The van der Waals surface area contributed by atoms with E-state index in [9.17, 15) is 5.11 Å². The Morgan fingerprint density at radius 2 is 2.05 bits per heavy atom. The molecule has 1 aromatic carbocycles. The molecule has 0 fully saturated rings. The molecular formula is C15H20N4O2. The fraction of sp³-hybridized carbons (Fsp3) is 0.333. The Hall–Kier alpha value is -2.18. The van der Waals surface area contributed by atoms with E-state index in [1.807, 2.05) is 29.2 Å². The molecule has 0 aliphatic carbocycles. The van der Waals surface area contributed by atoms with Gasteiger partial charge < -0.3 is 15.6 Å². The molecule has 0 unspecified atom stereocenters. The van der Waals surface area contributed by atoms with Crippen LogP contribution in [0.15, 0.2) is 36.5 Å². The van der Waals surface area contributed by atoms with Crippen molar-refractivity contribution in [3.05, 3.63) is 47.9 Å². The lowest BCUT2D eigenvalue weighted by Crippen LogP contribution is -2.27. The molecule has 3 N–H and O–H groups in total. The second-order valence-corrected chi connectivity index (χ2v) is 4.64. The maximum absolute atomic E-state index is 9.24. The Morgan fingerprint density at radius 3 is 2.76 bits per heavy atom. The highest BCUT2D eigenvalue weighted by molar-refractivity contribution is 5.33. The van der Waals surface area contributed by atoms with Crippen LogP contribution < -0.4 is 10.5 Å². The molecule has 0 amide bonds. The number of methoxy groups -OCH3 is 1. The maximum atomic E-state index is 9.24. The normalized spacial score (nSPS) is 10.8. The minimum Gasteiger partial charge on any atom is -0.496 e. The number of rotatable bonds is 7. The summed E-state index contributed by atoms with van der Waals surface area (Å²) in [6.07, 6.45) is 1.64. The van der Waals surface area contributed by atoms with Gasteiger partial charge in [0, 0.05) is 24.8 Å². The molecule has 0 saturated heterocycles. The highest BCUT2D eigenvalue weighted by atomic mass is 16.5. The molecule has 0 aliphatic rings. The van der Waals surface area contributed by atoms with Crippen LogP contribution in [0.4, 0.5) is 5.82 Å². The van der Waals surface area contributed by atoms with E-state index in [1.165, 1.54) is 0 Å². The number of aromatic nitrogens is 2. The van der Waals surface area contributed by atoms with Gasteiger partial charge in [-0.15, -0.1) is 0 Å². The van der Waals surface area contributed by atoms with Gasteiger partial charge in [-0.3, -0.25) is 4.90 Å². The van der Waals surface area contributed by atoms with E-state index in [0.29, 0.717) is 31.3 Å². The zero-order valence-electron chi connectivity index (χ0n) is 12.1. The average Bonchev–Trinajstić information content (AvgIpc) is 2.48. The minimum atomic E-state index is 0.0669. The topological polar surface area (TPSA) is 84.5 Å². The molecule has 0 aliphatic heterocycles. The van der Waals surface area contributed by atoms with Crippen molar-refractivity contribution in [1.82, 2.24) is 14.9 Å². The summed E-state index contributed by atoms with van der Waals surface area (Å²) in [7, 11) is 1.65. The van der Waals surface area contributed by atoms with E-state index in [4.69, 9.17) is 10.5 Å². The third kappa shape index (κ3) is 4.40. The predicted molar refractivity (Wildman–Crippen MR) is 80.6 cm³/mol. The van der Waals surface area contributed by atoms with Crippen LogP contribution >= 0.6 is 0 Å². The summed E-state index contributed by atoms with van der Waals surface area (Å²) in [4.78, 5) is 10.4. The van der Waals surface area contributed by atoms with E-state index in [-0.39, 0.29) is 6.61 Å². The maximum Gasteiger partial charge on any atom is 0.144 e. The van der Waals surface area contributed by atoms with E-state index in [1.54, 1.807) is 19.4 Å². The summed E-state index contributed by atoms with van der Waals surface area (Å²) >= 11 is 0. The van der Waals surface area contributed by atoms with Gasteiger partial charge in [0.15, 0.2) is 0 Å². The predicted octanol–water partition coefficient (Wildman–Crippen LogP) is 1.06. The Morgan fingerprint density at radius 1 is 1.24 bits per heavy atom. The largest absolute Gasteiger partial charge is 0.496 e. The van der Waals surface area contributed by atoms with Crippen molar-refractivity contribution in [3.63, 3.8) is 0 Å². The first-order chi connectivity index (χ1) is 10.2. The molecule has 0 radical (unpaired) electrons. The van der Waals surface area contributed by atoms with Crippen LogP contribution in [-0.4, -0.2) is 40.2 Å². The standard InChI is InChI=1S/C15H20N4O2/c1-21-13-5-3-2-4-12(13)10-19(8-9-20)11-15-17-7-6-14(16)18-15/h2-7,20H,8-11H2,1H3,(H2,16,17,18). The monoisotopic (exact) mass is 288 g/mol. The lowest BCUT2D eigenvalue weighted by atomic mass is 10.2. The average molecular weight is 288 g/mol. The van der Waals surface area contributed by atoms with Crippen LogP contribution in [0.3, 0.4) is 0 Å². The van der Waals surface area contributed by atoms with Crippen molar-refractivity contribution in [2.75, 3.05) is 26.0 Å². The van der Waals surface area contributed by atoms with Gasteiger partial charge in [-0.05, 0) is 12.1 Å². The Labute approximate surface area is 124 Å². The van der Waals surface area contributed by atoms with Gasteiger partial charge in [-0.1, -0.05) is 18.2 Å². The number of hydrogen-bond acceptors (Lipinski definition) is 6. The number of hydrogen-bond donors (Lipinski definition) is 2. The van der Waals surface area contributed by atoms with Crippen LogP contribution in [0.25, 0.3) is 0 Å². The summed E-state index contributed by atoms with van der Waals surface area (Å²) in [5, 5.41) is 9.24. The van der Waals surface area contributed by atoms with Crippen LogP contribution in [0.1, 0.15) is 11.4 Å². The van der Waals surface area contributed by atoms with Crippen molar-refractivity contribution < 1.29 is 9.84 Å². The van der Waals surface area contributed by atoms with E-state index < -0.39 is 0 Å². The van der Waals surface area contributed by atoms with Gasteiger partial charge in [0.05, 0.1) is 20.3 Å². The molecule has 1 heterocycles. The van der Waals surface area contributed by atoms with Gasteiger partial charge in [0.1, 0.15) is 17.4 Å². The molecule has 0 atom stereocenters. The molecule has 1 aromatic heterocycles. The number of ether oxygens (including phenoxy) is 1. The highest BCUT2D eigenvalue weighted by Crippen LogP contribution is 2.19. The third-order valence-electron chi connectivity index (χ3n) is 3.09. The molecule has 6 heteroatoms. The molecule has 0 bridgehead atoms. The van der Waals surface area contributed by atoms with Gasteiger partial charge in [-0.2, -0.15) is 0 Å². The number of aliphatic hydroxyl groups excluding tert-OH is 1. The first kappa shape index (κ1) is 15.2. The molecule has 2 aromatic rings. The number of aliphatic hydroxyl groups is 1. The van der Waals surface area contributed by atoms with Crippen LogP contribution in [0, 0.1) is 0 Å². The van der Waals surface area contributed by atoms with Gasteiger partial charge in [-0.25, -0.2) is 9.97 Å². The molecule has 2 rings (SSSR count). The number of nitrogens with two attached hydrogens (primary N) is 1. The molecule has 6 nitrogen and oxygen atoms in total. The second-order valence-electron chi connectivity index (χ2n) is 4.64. The molecule has 21 heavy (non-hydrogen) atoms. The smallest absolute Gasteiger partial charge is 0.144 e. The Kier molecular flexibility index (Phi) is 5.48. The van der Waals surface area contributed by atoms with E-state index in [0.717, 1.165) is 11.3 Å². The van der Waals surface area contributed by atoms with E-state index >= 15 is 0 Å². The lowest BCUT2D eigenvalue weighted by molar-refractivity contribution is 0.180. The Balaban J connectivity index is 2.11. The summed E-state index contributed by atoms with van der Waals surface area (Å²) in [6, 6.07) is 9.47. The fourth-order valence-corrected chi connectivity index (χ4v) is 2.12. The number of anilines is 1. The van der Waals surface area contributed by atoms with Crippen molar-refractivity contribution in [1.29, 1.82) is 0 Å². The van der Waals surface area contributed by atoms with Gasteiger partial charge >= 0.3 is 0 Å². The summed E-state index contributed by atoms with van der Waals surface area (Å²) in [5.74, 6) is 1.91. The molecule has 0 saturated carbocycles. The van der Waals surface area contributed by atoms with Crippen LogP contribution in [-0.2, 0) is 13.1 Å². The van der Waals surface area contributed by atoms with Gasteiger partial charge in [0.2, 0.25) is 0 Å². The molecular weight excluding hydrogens is 268 g/mol. The molecule has 0 spiro atoms. The summed E-state index contributed by atoms with van der Waals surface area (Å²) < 4.78 is 5.35. The first-order valence-electron chi connectivity index (χ1n) is 6.75. The summed E-state index contributed by atoms with van der Waals surface area (Å²) in [5.41, 5.74) is 6.72. The van der Waals surface area contributed by atoms with Crippen LogP contribution in [0.5, 0.6) is 5.75 Å². The SMILES string of the molecule is COc1ccccc1CN(CCO)Cc1nccc(N)n1. The highest BCUT2D eigenvalue weighted by Gasteiger charge is 2.11. The summed E-state index contributed by atoms with van der Waals surface area (Å²) in [6.45, 7) is 1.75. The second kappa shape index (κ2) is 7.56. The number of nitrogen functional groups attached to an aromatic ring is 1. The fourth-order valence-electron chi connectivity index (χ4n) is 2.12. The number of nitrogens with zero attached hydrogens (tertiary/aromatic N) is 3. The van der Waals surface area contributed by atoms with Crippen molar-refractivity contribution in [2.24, 2.45) is 0 Å². The lowest BCUT2D eigenvalue weighted by Gasteiger charge is -2.21. The van der Waals surface area contributed by atoms with E-state index in [2.05, 4.69) is 9.97 Å².